The summed E-state index contributed by atoms with van der Waals surface area (Å²) in [5.74, 6) is -1.50. The minimum absolute atomic E-state index is 0.141. The number of carbonyl (C=O) groups excluding carboxylic acids is 3. The van der Waals surface area contributed by atoms with Crippen LogP contribution >= 0.6 is 15.9 Å². The third-order valence-electron chi connectivity index (χ3n) is 3.87. The number of hydrogen-bond acceptors (Lipinski definition) is 5. The molecule has 1 aliphatic rings. The maximum absolute atomic E-state index is 12.7. The average molecular weight is 411 g/mol. The summed E-state index contributed by atoms with van der Waals surface area (Å²) in [6.07, 6.45) is -0.355. The van der Waals surface area contributed by atoms with Crippen molar-refractivity contribution in [3.05, 3.63) is 28.7 Å². The van der Waals surface area contributed by atoms with E-state index in [1.54, 1.807) is 20.8 Å². The molecule has 2 rings (SSSR count). The van der Waals surface area contributed by atoms with Crippen molar-refractivity contribution in [2.24, 2.45) is 5.92 Å². The Labute approximate surface area is 156 Å². The Morgan fingerprint density at radius 3 is 2.44 bits per heavy atom. The van der Waals surface area contributed by atoms with Crippen LogP contribution in [0.2, 0.25) is 0 Å². The van der Waals surface area contributed by atoms with E-state index in [2.05, 4.69) is 21.2 Å². The molecule has 0 aromatic heterocycles. The number of imide groups is 3. The van der Waals surface area contributed by atoms with Crippen LogP contribution in [0.25, 0.3) is 0 Å². The average Bonchev–Trinajstić information content (AvgIpc) is 2.47. The molecule has 1 saturated heterocycles. The molecule has 0 saturated carbocycles. The molecule has 7 heteroatoms. The van der Waals surface area contributed by atoms with Gasteiger partial charge in [-0.25, -0.2) is 4.79 Å². The predicted molar refractivity (Wildman–Crippen MR) is 98.0 cm³/mol. The molecule has 6 nitrogen and oxygen atoms in total. The zero-order valence-electron chi connectivity index (χ0n) is 14.8. The second-order valence-electron chi connectivity index (χ2n) is 7.13. The number of ether oxygens (including phenoxy) is 1. The topological polar surface area (TPSA) is 75.7 Å². The molecule has 0 aliphatic carbocycles. The molecule has 3 amide bonds. The first-order valence-corrected chi connectivity index (χ1v) is 8.99. The summed E-state index contributed by atoms with van der Waals surface area (Å²) in [6, 6.07) is 7.35. The van der Waals surface area contributed by atoms with Crippen LogP contribution in [0.5, 0.6) is 0 Å². The van der Waals surface area contributed by atoms with Gasteiger partial charge in [0.15, 0.2) is 0 Å². The molecule has 1 fully saturated rings. The van der Waals surface area contributed by atoms with Gasteiger partial charge < -0.3 is 10.1 Å². The Bertz CT molecular complexity index is 667. The number of piperidine rings is 1. The lowest BCUT2D eigenvalue weighted by Gasteiger charge is -2.34. The lowest BCUT2D eigenvalue weighted by atomic mass is 9.90. The number of amides is 3. The molecule has 0 radical (unpaired) electrons. The van der Waals surface area contributed by atoms with Crippen LogP contribution in [0.4, 0.5) is 10.5 Å². The van der Waals surface area contributed by atoms with Crippen molar-refractivity contribution in [3.8, 4) is 0 Å². The SMILES string of the molecule is CC(Nc1ccc(Br)cc1)C1CCC(=O)N(C(=O)OC(C)(C)C)C1=O. The summed E-state index contributed by atoms with van der Waals surface area (Å²) < 4.78 is 6.16. The Kier molecular flexibility index (Phi) is 5.87. The summed E-state index contributed by atoms with van der Waals surface area (Å²) in [4.78, 5) is 37.7. The first kappa shape index (κ1) is 19.4. The van der Waals surface area contributed by atoms with E-state index in [4.69, 9.17) is 4.74 Å². The van der Waals surface area contributed by atoms with E-state index in [1.807, 2.05) is 31.2 Å². The fourth-order valence-electron chi connectivity index (χ4n) is 2.68. The van der Waals surface area contributed by atoms with E-state index >= 15 is 0 Å². The normalized spacial score (nSPS) is 19.6. The second kappa shape index (κ2) is 7.56. The molecule has 0 spiro atoms. The van der Waals surface area contributed by atoms with E-state index in [-0.39, 0.29) is 12.5 Å². The predicted octanol–water partition coefficient (Wildman–Crippen LogP) is 3.95. The van der Waals surface area contributed by atoms with Crippen molar-refractivity contribution >= 4 is 39.5 Å². The van der Waals surface area contributed by atoms with E-state index in [0.717, 1.165) is 10.2 Å². The highest BCUT2D eigenvalue weighted by molar-refractivity contribution is 9.10. The lowest BCUT2D eigenvalue weighted by molar-refractivity contribution is -0.150. The minimum Gasteiger partial charge on any atom is -0.443 e. The van der Waals surface area contributed by atoms with Crippen LogP contribution in [0.15, 0.2) is 28.7 Å². The molecule has 2 atom stereocenters. The van der Waals surface area contributed by atoms with Gasteiger partial charge in [0.25, 0.3) is 0 Å². The third-order valence-corrected chi connectivity index (χ3v) is 4.40. The molecule has 136 valence electrons. The number of hydrogen-bond donors (Lipinski definition) is 1. The maximum Gasteiger partial charge on any atom is 0.424 e. The van der Waals surface area contributed by atoms with Crippen molar-refractivity contribution in [1.29, 1.82) is 0 Å². The number of nitrogens with one attached hydrogen (secondary N) is 1. The van der Waals surface area contributed by atoms with Crippen LogP contribution in [-0.4, -0.2) is 34.5 Å². The largest absolute Gasteiger partial charge is 0.443 e. The monoisotopic (exact) mass is 410 g/mol. The number of likely N-dealkylation sites (tertiary alicyclic amines) is 1. The fraction of sp³-hybridized carbons (Fsp3) is 0.500. The molecular weight excluding hydrogens is 388 g/mol. The highest BCUT2D eigenvalue weighted by atomic mass is 79.9. The quantitative estimate of drug-likeness (QED) is 0.763. The zero-order valence-corrected chi connectivity index (χ0v) is 16.4. The molecule has 1 aliphatic heterocycles. The van der Waals surface area contributed by atoms with Crippen LogP contribution in [-0.2, 0) is 14.3 Å². The van der Waals surface area contributed by atoms with Gasteiger partial charge in [-0.15, -0.1) is 0 Å². The summed E-state index contributed by atoms with van der Waals surface area (Å²) >= 11 is 3.37. The number of halogens is 1. The van der Waals surface area contributed by atoms with E-state index < -0.39 is 29.4 Å². The van der Waals surface area contributed by atoms with Crippen molar-refractivity contribution in [2.45, 2.75) is 52.2 Å². The molecule has 0 bridgehead atoms. The Balaban J connectivity index is 2.11. The lowest BCUT2D eigenvalue weighted by Crippen LogP contribution is -2.53. The number of carbonyl (C=O) groups is 3. The Hall–Kier alpha value is -1.89. The standard InChI is InChI=1S/C18H23BrN2O4/c1-11(20-13-7-5-12(19)6-8-13)14-9-10-15(22)21(16(14)23)17(24)25-18(2,3)4/h5-8,11,14,20H,9-10H2,1-4H3. The first-order chi connectivity index (χ1) is 11.6. The Morgan fingerprint density at radius 2 is 1.88 bits per heavy atom. The van der Waals surface area contributed by atoms with Crippen LogP contribution in [0.1, 0.15) is 40.5 Å². The van der Waals surface area contributed by atoms with Gasteiger partial charge >= 0.3 is 6.09 Å². The van der Waals surface area contributed by atoms with E-state index in [9.17, 15) is 14.4 Å². The van der Waals surface area contributed by atoms with Crippen molar-refractivity contribution < 1.29 is 19.1 Å². The number of nitrogens with zero attached hydrogens (tertiary/aromatic N) is 1. The summed E-state index contributed by atoms with van der Waals surface area (Å²) in [5, 5.41) is 3.26. The Morgan fingerprint density at radius 1 is 1.28 bits per heavy atom. The molecule has 1 heterocycles. The van der Waals surface area contributed by atoms with Gasteiger partial charge in [0.05, 0.1) is 5.92 Å². The second-order valence-corrected chi connectivity index (χ2v) is 8.05. The number of anilines is 1. The number of rotatable bonds is 3. The molecule has 25 heavy (non-hydrogen) atoms. The van der Waals surface area contributed by atoms with Crippen LogP contribution in [0, 0.1) is 5.92 Å². The molecule has 1 aromatic carbocycles. The highest BCUT2D eigenvalue weighted by Crippen LogP contribution is 2.26. The first-order valence-electron chi connectivity index (χ1n) is 8.20. The smallest absolute Gasteiger partial charge is 0.424 e. The van der Waals surface area contributed by atoms with Crippen molar-refractivity contribution in [3.63, 3.8) is 0 Å². The van der Waals surface area contributed by atoms with Gasteiger partial charge in [-0.2, -0.15) is 4.90 Å². The molecule has 2 unspecified atom stereocenters. The van der Waals surface area contributed by atoms with Gasteiger partial charge in [-0.3, -0.25) is 9.59 Å². The zero-order chi connectivity index (χ0) is 18.8. The van der Waals surface area contributed by atoms with Crippen LogP contribution in [0.3, 0.4) is 0 Å². The minimum atomic E-state index is -0.900. The van der Waals surface area contributed by atoms with Crippen molar-refractivity contribution in [1.82, 2.24) is 4.90 Å². The third kappa shape index (κ3) is 5.04. The highest BCUT2D eigenvalue weighted by Gasteiger charge is 2.42. The van der Waals surface area contributed by atoms with Gasteiger partial charge in [0.2, 0.25) is 11.8 Å². The van der Waals surface area contributed by atoms with Gasteiger partial charge in [0, 0.05) is 22.6 Å². The number of benzene rings is 1. The van der Waals surface area contributed by atoms with Crippen molar-refractivity contribution in [2.75, 3.05) is 5.32 Å². The van der Waals surface area contributed by atoms with Gasteiger partial charge in [-0.1, -0.05) is 15.9 Å². The summed E-state index contributed by atoms with van der Waals surface area (Å²) in [5.41, 5.74) is 0.0931. The van der Waals surface area contributed by atoms with Crippen LogP contribution < -0.4 is 5.32 Å². The van der Waals surface area contributed by atoms with Gasteiger partial charge in [0.1, 0.15) is 5.60 Å². The fourth-order valence-corrected chi connectivity index (χ4v) is 2.94. The maximum atomic E-state index is 12.7. The molecular formula is C18H23BrN2O4. The van der Waals surface area contributed by atoms with E-state index in [0.29, 0.717) is 11.3 Å². The molecule has 1 aromatic rings. The summed E-state index contributed by atoms with van der Waals surface area (Å²) in [7, 11) is 0. The van der Waals surface area contributed by atoms with Gasteiger partial charge in [-0.05, 0) is 58.4 Å². The summed E-state index contributed by atoms with van der Waals surface area (Å²) in [6.45, 7) is 6.95. The van der Waals surface area contributed by atoms with E-state index in [1.165, 1.54) is 0 Å². The molecule has 1 N–H and O–H groups in total.